The van der Waals surface area contributed by atoms with E-state index in [0.29, 0.717) is 41.3 Å². The van der Waals surface area contributed by atoms with Crippen LogP contribution in [0.3, 0.4) is 0 Å². The number of likely N-dealkylation sites (N-methyl/N-ethyl adjacent to an activating group) is 1. The van der Waals surface area contributed by atoms with Gasteiger partial charge in [0, 0.05) is 25.2 Å². The normalized spacial score (nSPS) is 9.70. The molecule has 0 saturated heterocycles. The van der Waals surface area contributed by atoms with Crippen LogP contribution in [0.1, 0.15) is 33.3 Å². The molecule has 6 heteroatoms. The first-order valence-corrected chi connectivity index (χ1v) is 8.46. The van der Waals surface area contributed by atoms with Crippen molar-refractivity contribution in [3.05, 3.63) is 22.4 Å². The molecule has 0 atom stereocenters. The predicted molar refractivity (Wildman–Crippen MR) is 97.9 cm³/mol. The molecule has 132 valence electrons. The van der Waals surface area contributed by atoms with Gasteiger partial charge in [0.15, 0.2) is 17.1 Å². The van der Waals surface area contributed by atoms with Gasteiger partial charge >= 0.3 is 0 Å². The van der Waals surface area contributed by atoms with Crippen molar-refractivity contribution < 1.29 is 18.7 Å². The van der Waals surface area contributed by atoms with E-state index in [9.17, 15) is 0 Å². The lowest BCUT2D eigenvalue weighted by Crippen LogP contribution is -2.23. The number of furan rings is 1. The molecular weight excluding hydrogens is 314 g/mol. The van der Waals surface area contributed by atoms with Crippen LogP contribution in [0.4, 0.5) is 5.88 Å². The number of anilines is 1. The summed E-state index contributed by atoms with van der Waals surface area (Å²) in [4.78, 5) is 1.92. The minimum Gasteiger partial charge on any atom is -0.459 e. The number of fused-ring (bicyclic) bond motifs is 1. The minimum absolute atomic E-state index is 0.0323. The smallest absolute Gasteiger partial charge is 0.197 e. The highest BCUT2D eigenvalue weighted by molar-refractivity contribution is 7.71. The van der Waals surface area contributed by atoms with E-state index in [2.05, 4.69) is 0 Å². The first-order chi connectivity index (χ1) is 11.1. The molecule has 1 N–H and O–H groups in total. The molecule has 0 aliphatic heterocycles. The van der Waals surface area contributed by atoms with Gasteiger partial charge in [-0.25, -0.2) is 0 Å². The maximum absolute atomic E-state index is 8.63. The molecule has 2 aromatic rings. The van der Waals surface area contributed by atoms with Crippen molar-refractivity contribution >= 4 is 29.3 Å². The summed E-state index contributed by atoms with van der Waals surface area (Å²) in [6.45, 7) is 11.5. The SMILES string of the molecule is CC.CC.Cc1coc2c(=S)cc(N(C)CCOCCO)oc12. The number of ether oxygens (including phenoxy) is 1. The van der Waals surface area contributed by atoms with Crippen LogP contribution < -0.4 is 4.90 Å². The van der Waals surface area contributed by atoms with E-state index in [1.165, 1.54) is 0 Å². The van der Waals surface area contributed by atoms with Gasteiger partial charge in [0.2, 0.25) is 0 Å². The van der Waals surface area contributed by atoms with Crippen LogP contribution in [0.15, 0.2) is 21.2 Å². The molecule has 0 aromatic carbocycles. The van der Waals surface area contributed by atoms with E-state index in [1.807, 2.05) is 46.6 Å². The van der Waals surface area contributed by atoms with Gasteiger partial charge in [0.05, 0.1) is 30.6 Å². The van der Waals surface area contributed by atoms with Crippen LogP contribution >= 0.6 is 12.2 Å². The number of nitrogens with zero attached hydrogens (tertiary/aromatic N) is 1. The van der Waals surface area contributed by atoms with Crippen LogP contribution in [0.25, 0.3) is 11.2 Å². The van der Waals surface area contributed by atoms with E-state index in [-0.39, 0.29) is 6.61 Å². The summed E-state index contributed by atoms with van der Waals surface area (Å²) < 4.78 is 17.0. The lowest BCUT2D eigenvalue weighted by Gasteiger charge is -2.17. The topological polar surface area (TPSA) is 59.0 Å². The zero-order valence-corrected chi connectivity index (χ0v) is 15.8. The Morgan fingerprint density at radius 1 is 1.17 bits per heavy atom. The molecule has 2 aromatic heterocycles. The number of hydrogen-bond donors (Lipinski definition) is 1. The van der Waals surface area contributed by atoms with Crippen molar-refractivity contribution in [1.82, 2.24) is 0 Å². The fraction of sp³-hybridized carbons (Fsp3) is 0.588. The highest BCUT2D eigenvalue weighted by atomic mass is 32.1. The average Bonchev–Trinajstić information content (AvgIpc) is 2.97. The number of aliphatic hydroxyl groups is 1. The van der Waals surface area contributed by atoms with Crippen LogP contribution in [-0.2, 0) is 4.74 Å². The maximum Gasteiger partial charge on any atom is 0.197 e. The van der Waals surface area contributed by atoms with Crippen LogP contribution in [0.5, 0.6) is 0 Å². The van der Waals surface area contributed by atoms with Crippen LogP contribution in [0.2, 0.25) is 0 Å². The second-order valence-corrected chi connectivity index (χ2v) is 4.72. The molecule has 23 heavy (non-hydrogen) atoms. The summed E-state index contributed by atoms with van der Waals surface area (Å²) in [6, 6.07) is 1.77. The second-order valence-electron chi connectivity index (χ2n) is 4.28. The highest BCUT2D eigenvalue weighted by Gasteiger charge is 2.11. The standard InChI is InChI=1S/C13H17NO4S.2C2H6/c1-9-8-17-13-10(19)7-11(18-12(9)13)14(2)3-5-16-6-4-15;2*1-2/h7-8,15H,3-6H2,1-2H3;2*1-2H3. The first-order valence-electron chi connectivity index (χ1n) is 8.05. The van der Waals surface area contributed by atoms with Crippen LogP contribution in [-0.4, -0.2) is 38.5 Å². The Morgan fingerprint density at radius 2 is 1.83 bits per heavy atom. The van der Waals surface area contributed by atoms with E-state index in [4.69, 9.17) is 30.9 Å². The van der Waals surface area contributed by atoms with Gasteiger partial charge in [-0.15, -0.1) is 0 Å². The minimum atomic E-state index is 0.0323. The Morgan fingerprint density at radius 3 is 2.43 bits per heavy atom. The van der Waals surface area contributed by atoms with E-state index in [0.717, 1.165) is 5.56 Å². The zero-order chi connectivity index (χ0) is 17.8. The lowest BCUT2D eigenvalue weighted by molar-refractivity contribution is 0.0968. The second kappa shape index (κ2) is 12.1. The van der Waals surface area contributed by atoms with E-state index >= 15 is 0 Å². The average molecular weight is 343 g/mol. The third kappa shape index (κ3) is 6.33. The molecular formula is C17H29NO4S. The molecule has 0 radical (unpaired) electrons. The highest BCUT2D eigenvalue weighted by Crippen LogP contribution is 2.27. The monoisotopic (exact) mass is 343 g/mol. The van der Waals surface area contributed by atoms with E-state index in [1.54, 1.807) is 12.3 Å². The van der Waals surface area contributed by atoms with Gasteiger partial charge in [0.25, 0.3) is 0 Å². The van der Waals surface area contributed by atoms with Gasteiger partial charge in [-0.3, -0.25) is 0 Å². The summed E-state index contributed by atoms with van der Waals surface area (Å²) in [5.41, 5.74) is 2.22. The molecule has 5 nitrogen and oxygen atoms in total. The van der Waals surface area contributed by atoms with Crippen molar-refractivity contribution in [2.24, 2.45) is 0 Å². The fourth-order valence-corrected chi connectivity index (χ4v) is 1.95. The van der Waals surface area contributed by atoms with E-state index < -0.39 is 0 Å². The quantitative estimate of drug-likeness (QED) is 0.613. The molecule has 0 bridgehead atoms. The molecule has 0 fully saturated rings. The fourth-order valence-electron chi connectivity index (χ4n) is 1.71. The third-order valence-electron chi connectivity index (χ3n) is 2.79. The number of hydrogen-bond acceptors (Lipinski definition) is 6. The number of aliphatic hydroxyl groups excluding tert-OH is 1. The molecule has 0 unspecified atom stereocenters. The van der Waals surface area contributed by atoms with Crippen molar-refractivity contribution in [1.29, 1.82) is 0 Å². The van der Waals surface area contributed by atoms with Gasteiger partial charge < -0.3 is 23.6 Å². The summed E-state index contributed by atoms with van der Waals surface area (Å²) in [7, 11) is 1.90. The maximum atomic E-state index is 8.63. The zero-order valence-electron chi connectivity index (χ0n) is 15.0. The molecule has 0 spiro atoms. The Labute approximate surface area is 143 Å². The number of aryl methyl sites for hydroxylation is 1. The summed E-state index contributed by atoms with van der Waals surface area (Å²) in [5, 5.41) is 8.63. The van der Waals surface area contributed by atoms with Gasteiger partial charge in [-0.05, 0) is 6.92 Å². The first kappa shape index (κ1) is 21.6. The third-order valence-corrected chi connectivity index (χ3v) is 3.09. The molecule has 0 saturated carbocycles. The molecule has 0 amide bonds. The van der Waals surface area contributed by atoms with Crippen molar-refractivity contribution in [2.45, 2.75) is 34.6 Å². The Balaban J connectivity index is 0.00000112. The Kier molecular flexibility index (Phi) is 11.4. The number of rotatable bonds is 6. The summed E-state index contributed by atoms with van der Waals surface area (Å²) >= 11 is 5.28. The van der Waals surface area contributed by atoms with Gasteiger partial charge in [-0.1, -0.05) is 39.9 Å². The molecule has 2 heterocycles. The molecule has 0 aliphatic rings. The summed E-state index contributed by atoms with van der Waals surface area (Å²) in [5.74, 6) is 0.676. The van der Waals surface area contributed by atoms with Crippen molar-refractivity contribution in [2.75, 3.05) is 38.3 Å². The van der Waals surface area contributed by atoms with Crippen molar-refractivity contribution in [3.63, 3.8) is 0 Å². The lowest BCUT2D eigenvalue weighted by atomic mass is 10.3. The van der Waals surface area contributed by atoms with Gasteiger partial charge in [-0.2, -0.15) is 0 Å². The summed E-state index contributed by atoms with van der Waals surface area (Å²) in [6.07, 6.45) is 1.64. The predicted octanol–water partition coefficient (Wildman–Crippen LogP) is 4.56. The molecule has 2 rings (SSSR count). The van der Waals surface area contributed by atoms with Crippen molar-refractivity contribution in [3.8, 4) is 0 Å². The Hall–Kier alpha value is -1.37. The van der Waals surface area contributed by atoms with Crippen LogP contribution in [0, 0.1) is 11.4 Å². The van der Waals surface area contributed by atoms with Gasteiger partial charge in [0.1, 0.15) is 0 Å². The Bertz CT molecular complexity index is 606. The largest absolute Gasteiger partial charge is 0.459 e. The molecule has 0 aliphatic carbocycles.